The third-order valence-electron chi connectivity index (χ3n) is 8.85. The van der Waals surface area contributed by atoms with Crippen LogP contribution in [0.2, 0.25) is 0 Å². The summed E-state index contributed by atoms with van der Waals surface area (Å²) in [7, 11) is -3.74. The lowest BCUT2D eigenvalue weighted by molar-refractivity contribution is 0.222. The van der Waals surface area contributed by atoms with Crippen molar-refractivity contribution in [3.63, 3.8) is 0 Å². The van der Waals surface area contributed by atoms with Gasteiger partial charge in [0.05, 0.1) is 17.6 Å². The maximum atomic E-state index is 13.4. The molecule has 3 fully saturated rings. The predicted molar refractivity (Wildman–Crippen MR) is 152 cm³/mol. The van der Waals surface area contributed by atoms with Crippen LogP contribution in [0.25, 0.3) is 28.0 Å². The van der Waals surface area contributed by atoms with Gasteiger partial charge in [-0.3, -0.25) is 4.98 Å². The third-order valence-corrected chi connectivity index (χ3v) is 10.7. The Morgan fingerprint density at radius 2 is 1.66 bits per heavy atom. The summed E-state index contributed by atoms with van der Waals surface area (Å²) in [4.78, 5) is 13.9. The van der Waals surface area contributed by atoms with Crippen molar-refractivity contribution < 1.29 is 8.42 Å². The number of nitrogens with one attached hydrogen (secondary N) is 1. The summed E-state index contributed by atoms with van der Waals surface area (Å²) in [6.45, 7) is 0. The van der Waals surface area contributed by atoms with E-state index >= 15 is 0 Å². The van der Waals surface area contributed by atoms with Gasteiger partial charge in [-0.2, -0.15) is 19.0 Å². The van der Waals surface area contributed by atoms with E-state index in [1.807, 2.05) is 54.9 Å². The van der Waals surface area contributed by atoms with Crippen LogP contribution in [0.4, 0.5) is 5.82 Å². The van der Waals surface area contributed by atoms with Gasteiger partial charge >= 0.3 is 0 Å². The highest BCUT2D eigenvalue weighted by atomic mass is 32.2. The number of sulfonamides is 1. The summed E-state index contributed by atoms with van der Waals surface area (Å²) < 4.78 is 30.2. The number of H-pyrrole nitrogens is 1. The lowest BCUT2D eigenvalue weighted by Crippen LogP contribution is -2.46. The van der Waals surface area contributed by atoms with Crippen LogP contribution in [0.15, 0.2) is 66.3 Å². The second kappa shape index (κ2) is 9.18. The summed E-state index contributed by atoms with van der Waals surface area (Å²) in [5.74, 6) is 1.12. The largest absolute Gasteiger partial charge is 0.383 e. The van der Waals surface area contributed by atoms with Crippen LogP contribution < -0.4 is 5.73 Å². The van der Waals surface area contributed by atoms with E-state index < -0.39 is 10.0 Å². The smallest absolute Gasteiger partial charge is 0.278 e. The summed E-state index contributed by atoms with van der Waals surface area (Å²) >= 11 is 0. The zero-order valence-electron chi connectivity index (χ0n) is 22.3. The van der Waals surface area contributed by atoms with E-state index in [0.29, 0.717) is 30.2 Å². The molecule has 2 saturated heterocycles. The molecule has 3 N–H and O–H groups in total. The fraction of sp³-hybridized carbons (Fsp3) is 0.345. The van der Waals surface area contributed by atoms with Gasteiger partial charge in [-0.15, -0.1) is 0 Å². The molecule has 12 heteroatoms. The Labute approximate surface area is 236 Å². The predicted octanol–water partition coefficient (Wildman–Crippen LogP) is 4.14. The number of nitrogens with zero attached hydrogens (tertiary/aromatic N) is 7. The fourth-order valence-electron chi connectivity index (χ4n) is 6.85. The SMILES string of the molecule is Nc1c(C2CC2)c(C2CC3CCC(C2)N3S(=O)(=O)c2ncn[nH]2)nc2c(-c3ccc(-c4ccccc4)nc3)cnn12. The molecule has 2 bridgehead atoms. The van der Waals surface area contributed by atoms with Crippen LogP contribution in [-0.4, -0.2) is 59.6 Å². The summed E-state index contributed by atoms with van der Waals surface area (Å²) in [5, 5.41) is 10.9. The number of piperidine rings is 1. The van der Waals surface area contributed by atoms with Crippen molar-refractivity contribution in [3.05, 3.63) is 72.4 Å². The number of hydrogen-bond donors (Lipinski definition) is 2. The first-order chi connectivity index (χ1) is 20.0. The minimum absolute atomic E-state index is 0.0916. The second-order valence-electron chi connectivity index (χ2n) is 11.3. The van der Waals surface area contributed by atoms with E-state index in [2.05, 4.69) is 20.3 Å². The molecule has 2 aliphatic heterocycles. The van der Waals surface area contributed by atoms with Crippen molar-refractivity contribution in [2.45, 2.75) is 67.6 Å². The van der Waals surface area contributed by atoms with Crippen molar-refractivity contribution in [2.75, 3.05) is 5.73 Å². The van der Waals surface area contributed by atoms with Crippen LogP contribution >= 0.6 is 0 Å². The number of aromatic nitrogens is 7. The van der Waals surface area contributed by atoms with E-state index in [1.54, 1.807) is 8.82 Å². The zero-order chi connectivity index (χ0) is 27.7. The molecule has 208 valence electrons. The Morgan fingerprint density at radius 3 is 2.32 bits per heavy atom. The van der Waals surface area contributed by atoms with Crippen LogP contribution in [0.3, 0.4) is 0 Å². The molecule has 2 unspecified atom stereocenters. The van der Waals surface area contributed by atoms with Gasteiger partial charge in [-0.1, -0.05) is 36.4 Å². The first kappa shape index (κ1) is 24.6. The van der Waals surface area contributed by atoms with Crippen molar-refractivity contribution >= 4 is 21.5 Å². The van der Waals surface area contributed by atoms with E-state index in [9.17, 15) is 8.42 Å². The maximum absolute atomic E-state index is 13.4. The summed E-state index contributed by atoms with van der Waals surface area (Å²) in [6, 6.07) is 13.9. The zero-order valence-corrected chi connectivity index (χ0v) is 23.1. The molecule has 6 heterocycles. The molecule has 3 aliphatic rings. The molecular weight excluding hydrogens is 538 g/mol. The molecule has 11 nitrogen and oxygen atoms in total. The van der Waals surface area contributed by atoms with Crippen molar-refractivity contribution in [1.29, 1.82) is 0 Å². The number of pyridine rings is 1. The maximum Gasteiger partial charge on any atom is 0.278 e. The molecule has 1 aliphatic carbocycles. The normalized spacial score (nSPS) is 22.9. The highest BCUT2D eigenvalue weighted by Gasteiger charge is 2.49. The van der Waals surface area contributed by atoms with Crippen LogP contribution in [-0.2, 0) is 10.0 Å². The number of nitrogens with two attached hydrogens (primary N) is 1. The second-order valence-corrected chi connectivity index (χ2v) is 13.1. The highest BCUT2D eigenvalue weighted by Crippen LogP contribution is 2.51. The van der Waals surface area contributed by atoms with Gasteiger partial charge in [0.15, 0.2) is 5.65 Å². The number of rotatable bonds is 6. The third kappa shape index (κ3) is 3.96. The molecule has 8 rings (SSSR count). The van der Waals surface area contributed by atoms with Gasteiger partial charge in [0, 0.05) is 46.5 Å². The van der Waals surface area contributed by atoms with E-state index in [1.165, 1.54) is 6.33 Å². The van der Waals surface area contributed by atoms with E-state index in [-0.39, 0.29) is 23.2 Å². The van der Waals surface area contributed by atoms with Crippen molar-refractivity contribution in [1.82, 2.24) is 39.1 Å². The highest BCUT2D eigenvalue weighted by molar-refractivity contribution is 7.89. The lowest BCUT2D eigenvalue weighted by Gasteiger charge is -2.37. The topological polar surface area (TPSA) is 148 Å². The standard InChI is InChI=1S/C29H29N9O2S/c30-27-25(18-6-7-18)26(20-12-21-9-10-22(13-20)38(21)41(39,40)29-32-16-33-36-29)35-28-23(15-34-37(27)28)19-8-11-24(31-14-19)17-4-2-1-3-5-17/h1-5,8,11,14-16,18,20-22H,6-7,9-10,12-13,30H2,(H,32,33,36). The number of fused-ring (bicyclic) bond motifs is 3. The molecule has 1 aromatic carbocycles. The van der Waals surface area contributed by atoms with Gasteiger partial charge < -0.3 is 5.73 Å². The minimum atomic E-state index is -3.74. The summed E-state index contributed by atoms with van der Waals surface area (Å²) in [5.41, 5.74) is 13.4. The molecular formula is C29H29N9O2S. The van der Waals surface area contributed by atoms with Crippen LogP contribution in [0.1, 0.15) is 61.6 Å². The molecule has 0 amide bonds. The molecule has 4 aromatic heterocycles. The monoisotopic (exact) mass is 567 g/mol. The van der Waals surface area contributed by atoms with Crippen molar-refractivity contribution in [2.24, 2.45) is 0 Å². The van der Waals surface area contributed by atoms with E-state index in [4.69, 9.17) is 15.7 Å². The van der Waals surface area contributed by atoms with Gasteiger partial charge in [0.1, 0.15) is 12.1 Å². The first-order valence-corrected chi connectivity index (χ1v) is 15.5. The number of anilines is 1. The van der Waals surface area contributed by atoms with Crippen molar-refractivity contribution in [3.8, 4) is 22.4 Å². The van der Waals surface area contributed by atoms with Gasteiger partial charge in [-0.05, 0) is 50.5 Å². The average molecular weight is 568 g/mol. The van der Waals surface area contributed by atoms with Gasteiger partial charge in [-0.25, -0.2) is 23.5 Å². The minimum Gasteiger partial charge on any atom is -0.383 e. The Bertz CT molecular complexity index is 1840. The Morgan fingerprint density at radius 1 is 0.878 bits per heavy atom. The Balaban J connectivity index is 1.17. The summed E-state index contributed by atoms with van der Waals surface area (Å²) in [6.07, 6.45) is 10.1. The van der Waals surface area contributed by atoms with Crippen LogP contribution in [0, 0.1) is 0 Å². The quantitative estimate of drug-likeness (QED) is 0.311. The molecule has 0 radical (unpaired) electrons. The van der Waals surface area contributed by atoms with E-state index in [0.717, 1.165) is 59.3 Å². The molecule has 41 heavy (non-hydrogen) atoms. The van der Waals surface area contributed by atoms with Gasteiger partial charge in [0.25, 0.3) is 15.2 Å². The number of hydrogen-bond acceptors (Lipinski definition) is 8. The number of benzene rings is 1. The lowest BCUT2D eigenvalue weighted by atomic mass is 9.86. The fourth-order valence-corrected chi connectivity index (χ4v) is 8.57. The van der Waals surface area contributed by atoms with Gasteiger partial charge in [0.2, 0.25) is 0 Å². The molecule has 0 spiro atoms. The molecule has 1 saturated carbocycles. The molecule has 2 atom stereocenters. The average Bonchev–Trinajstić information content (AvgIpc) is 3.37. The Kier molecular flexibility index (Phi) is 5.51. The number of nitrogen functional groups attached to an aromatic ring is 1. The molecule has 5 aromatic rings. The number of aromatic amines is 1. The Hall–Kier alpha value is -4.16. The first-order valence-electron chi connectivity index (χ1n) is 14.1. The van der Waals surface area contributed by atoms with Crippen LogP contribution in [0.5, 0.6) is 0 Å².